The zero-order valence-electron chi connectivity index (χ0n) is 16.0. The molecule has 0 atom stereocenters. The molecule has 1 aliphatic rings. The molecule has 6 heteroatoms. The molecular formula is C20H26N6. The fourth-order valence-electron chi connectivity index (χ4n) is 4.03. The van der Waals surface area contributed by atoms with Crippen LogP contribution in [0.4, 0.5) is 11.5 Å². The van der Waals surface area contributed by atoms with E-state index >= 15 is 0 Å². The van der Waals surface area contributed by atoms with Gasteiger partial charge in [0.1, 0.15) is 12.1 Å². The van der Waals surface area contributed by atoms with Crippen molar-refractivity contribution in [2.24, 2.45) is 0 Å². The normalized spacial score (nSPS) is 15.1. The van der Waals surface area contributed by atoms with E-state index in [9.17, 15) is 0 Å². The van der Waals surface area contributed by atoms with Gasteiger partial charge in [-0.25, -0.2) is 4.98 Å². The maximum absolute atomic E-state index is 4.60. The van der Waals surface area contributed by atoms with Crippen molar-refractivity contribution in [1.29, 1.82) is 0 Å². The molecule has 26 heavy (non-hydrogen) atoms. The van der Waals surface area contributed by atoms with Gasteiger partial charge in [0.05, 0.1) is 0 Å². The highest BCUT2D eigenvalue weighted by molar-refractivity contribution is 5.58. The molecular weight excluding hydrogens is 324 g/mol. The summed E-state index contributed by atoms with van der Waals surface area (Å²) >= 11 is 0. The Labute approximate surface area is 154 Å². The van der Waals surface area contributed by atoms with E-state index < -0.39 is 0 Å². The molecule has 2 aromatic heterocycles. The van der Waals surface area contributed by atoms with Crippen LogP contribution in [0.3, 0.4) is 0 Å². The van der Waals surface area contributed by atoms with Gasteiger partial charge in [-0.15, -0.1) is 0 Å². The van der Waals surface area contributed by atoms with Crippen molar-refractivity contribution in [3.63, 3.8) is 0 Å². The maximum Gasteiger partial charge on any atom is 0.254 e. The number of benzene rings is 1. The van der Waals surface area contributed by atoms with E-state index in [1.807, 2.05) is 4.52 Å². The molecule has 1 aliphatic heterocycles. The molecule has 0 saturated carbocycles. The minimum Gasteiger partial charge on any atom is -0.368 e. The number of hydrogen-bond acceptors (Lipinski definition) is 5. The number of aromatic nitrogens is 4. The molecule has 0 amide bonds. The van der Waals surface area contributed by atoms with E-state index in [4.69, 9.17) is 0 Å². The van der Waals surface area contributed by atoms with Crippen LogP contribution in [0.5, 0.6) is 0 Å². The van der Waals surface area contributed by atoms with Gasteiger partial charge < -0.3 is 9.80 Å². The Kier molecular flexibility index (Phi) is 4.26. The van der Waals surface area contributed by atoms with E-state index in [0.29, 0.717) is 5.78 Å². The Bertz CT molecular complexity index is 937. The third-order valence-corrected chi connectivity index (χ3v) is 5.33. The smallest absolute Gasteiger partial charge is 0.254 e. The molecule has 0 N–H and O–H groups in total. The third-order valence-electron chi connectivity index (χ3n) is 5.33. The molecule has 0 aliphatic carbocycles. The van der Waals surface area contributed by atoms with Gasteiger partial charge in [-0.3, -0.25) is 0 Å². The summed E-state index contributed by atoms with van der Waals surface area (Å²) in [5.41, 5.74) is 6.34. The second-order valence-corrected chi connectivity index (χ2v) is 7.09. The van der Waals surface area contributed by atoms with Crippen molar-refractivity contribution in [3.8, 4) is 0 Å². The van der Waals surface area contributed by atoms with E-state index in [0.717, 1.165) is 44.1 Å². The van der Waals surface area contributed by atoms with Gasteiger partial charge in [-0.2, -0.15) is 14.6 Å². The predicted molar refractivity (Wildman–Crippen MR) is 105 cm³/mol. The van der Waals surface area contributed by atoms with Gasteiger partial charge in [0.2, 0.25) is 0 Å². The van der Waals surface area contributed by atoms with Crippen molar-refractivity contribution >= 4 is 17.3 Å². The van der Waals surface area contributed by atoms with E-state index in [2.05, 4.69) is 70.8 Å². The lowest BCUT2D eigenvalue weighted by Gasteiger charge is -2.38. The topological polar surface area (TPSA) is 49.6 Å². The Morgan fingerprint density at radius 1 is 1.00 bits per heavy atom. The van der Waals surface area contributed by atoms with Crippen molar-refractivity contribution in [2.75, 3.05) is 36.0 Å². The summed E-state index contributed by atoms with van der Waals surface area (Å²) in [5.74, 6) is 1.85. The van der Waals surface area contributed by atoms with Gasteiger partial charge in [-0.1, -0.05) is 24.6 Å². The lowest BCUT2D eigenvalue weighted by Crippen LogP contribution is -2.47. The second kappa shape index (κ2) is 6.59. The quantitative estimate of drug-likeness (QED) is 0.727. The largest absolute Gasteiger partial charge is 0.368 e. The van der Waals surface area contributed by atoms with Crippen LogP contribution in [-0.2, 0) is 6.42 Å². The number of piperazine rings is 1. The summed E-state index contributed by atoms with van der Waals surface area (Å²) in [4.78, 5) is 13.8. The maximum atomic E-state index is 4.60. The molecule has 1 aromatic carbocycles. The SMILES string of the molecule is CCc1c(C)nc2ncnn2c1N1CCN(c2ccc(C)cc2C)CC1. The first-order valence-electron chi connectivity index (χ1n) is 9.35. The molecule has 1 fully saturated rings. The van der Waals surface area contributed by atoms with Gasteiger partial charge in [0.25, 0.3) is 5.78 Å². The summed E-state index contributed by atoms with van der Waals surface area (Å²) < 4.78 is 1.90. The second-order valence-electron chi connectivity index (χ2n) is 7.09. The van der Waals surface area contributed by atoms with Crippen molar-refractivity contribution in [2.45, 2.75) is 34.1 Å². The molecule has 0 spiro atoms. The van der Waals surface area contributed by atoms with Gasteiger partial charge >= 0.3 is 0 Å². The van der Waals surface area contributed by atoms with Crippen LogP contribution in [0.2, 0.25) is 0 Å². The van der Waals surface area contributed by atoms with E-state index in [-0.39, 0.29) is 0 Å². The average molecular weight is 350 g/mol. The number of anilines is 2. The number of fused-ring (bicyclic) bond motifs is 1. The highest BCUT2D eigenvalue weighted by Gasteiger charge is 2.24. The molecule has 0 radical (unpaired) electrons. The fraction of sp³-hybridized carbons (Fsp3) is 0.450. The lowest BCUT2D eigenvalue weighted by molar-refractivity contribution is 0.633. The zero-order chi connectivity index (χ0) is 18.3. The highest BCUT2D eigenvalue weighted by atomic mass is 15.4. The minimum absolute atomic E-state index is 0.687. The number of hydrogen-bond donors (Lipinski definition) is 0. The summed E-state index contributed by atoms with van der Waals surface area (Å²) in [6, 6.07) is 6.72. The van der Waals surface area contributed by atoms with Crippen molar-refractivity contribution < 1.29 is 0 Å². The first-order valence-corrected chi connectivity index (χ1v) is 9.35. The summed E-state index contributed by atoms with van der Waals surface area (Å²) in [6.45, 7) is 12.6. The minimum atomic E-state index is 0.687. The average Bonchev–Trinajstić information content (AvgIpc) is 3.08. The Hall–Kier alpha value is -2.63. The van der Waals surface area contributed by atoms with Crippen LogP contribution < -0.4 is 9.80 Å². The monoisotopic (exact) mass is 350 g/mol. The van der Waals surface area contributed by atoms with Crippen LogP contribution in [0.15, 0.2) is 24.5 Å². The van der Waals surface area contributed by atoms with Crippen LogP contribution in [0.25, 0.3) is 5.78 Å². The molecule has 0 bridgehead atoms. The summed E-state index contributed by atoms with van der Waals surface area (Å²) in [7, 11) is 0. The standard InChI is InChI=1S/C20H26N6/c1-5-17-16(4)23-20-21-13-22-26(20)19(17)25-10-8-24(9-11-25)18-7-6-14(2)12-15(18)3/h6-7,12-13H,5,8-11H2,1-4H3. The summed E-state index contributed by atoms with van der Waals surface area (Å²) in [6.07, 6.45) is 2.54. The molecule has 0 unspecified atom stereocenters. The first-order chi connectivity index (χ1) is 12.6. The van der Waals surface area contributed by atoms with Crippen LogP contribution in [0.1, 0.15) is 29.3 Å². The van der Waals surface area contributed by atoms with Gasteiger partial charge in [0, 0.05) is 43.1 Å². The predicted octanol–water partition coefficient (Wildman–Crippen LogP) is 2.94. The van der Waals surface area contributed by atoms with E-state index in [1.54, 1.807) is 6.33 Å². The third kappa shape index (κ3) is 2.79. The fourth-order valence-corrected chi connectivity index (χ4v) is 4.03. The highest BCUT2D eigenvalue weighted by Crippen LogP contribution is 2.27. The number of aryl methyl sites for hydroxylation is 3. The zero-order valence-corrected chi connectivity index (χ0v) is 16.0. The molecule has 4 rings (SSSR count). The van der Waals surface area contributed by atoms with Gasteiger partial charge in [0.15, 0.2) is 0 Å². The van der Waals surface area contributed by atoms with E-state index in [1.165, 1.54) is 22.4 Å². The van der Waals surface area contributed by atoms with Crippen molar-refractivity contribution in [3.05, 3.63) is 46.9 Å². The van der Waals surface area contributed by atoms with Crippen LogP contribution in [0, 0.1) is 20.8 Å². The molecule has 3 aromatic rings. The van der Waals surface area contributed by atoms with Gasteiger partial charge in [-0.05, 0) is 38.8 Å². The Morgan fingerprint density at radius 3 is 2.42 bits per heavy atom. The number of rotatable bonds is 3. The number of nitrogens with zero attached hydrogens (tertiary/aromatic N) is 6. The summed E-state index contributed by atoms with van der Waals surface area (Å²) in [5, 5.41) is 4.43. The van der Waals surface area contributed by atoms with Crippen LogP contribution in [-0.4, -0.2) is 45.8 Å². The molecule has 6 nitrogen and oxygen atoms in total. The Balaban J connectivity index is 1.62. The lowest BCUT2D eigenvalue weighted by atomic mass is 10.1. The molecule has 3 heterocycles. The van der Waals surface area contributed by atoms with Crippen molar-refractivity contribution in [1.82, 2.24) is 19.6 Å². The van der Waals surface area contributed by atoms with Crippen LogP contribution >= 0.6 is 0 Å². The Morgan fingerprint density at radius 2 is 1.73 bits per heavy atom. The first kappa shape index (κ1) is 16.8. The molecule has 136 valence electrons. The molecule has 1 saturated heterocycles.